The molecular weight excluding hydrogens is 983 g/mol. The number of allylic oxidation sites excluding steroid dienone is 8. The third-order valence-electron chi connectivity index (χ3n) is 15.1. The molecule has 0 spiro atoms. The van der Waals surface area contributed by atoms with Crippen molar-refractivity contribution in [1.82, 2.24) is 0 Å². The Balaban J connectivity index is 4.04. The zero-order chi connectivity index (χ0) is 57.6. The van der Waals surface area contributed by atoms with E-state index in [4.69, 9.17) is 18.9 Å². The lowest BCUT2D eigenvalue weighted by Crippen LogP contribution is -2.40. The van der Waals surface area contributed by atoms with E-state index in [0.29, 0.717) is 17.4 Å². The summed E-state index contributed by atoms with van der Waals surface area (Å²) in [7, 11) is 5.98. The molecular formula is C70H130NO8+. The third-order valence-corrected chi connectivity index (χ3v) is 15.1. The first-order chi connectivity index (χ1) is 38.6. The normalized spacial score (nSPS) is 13.0. The fourth-order valence-corrected chi connectivity index (χ4v) is 9.84. The van der Waals surface area contributed by atoms with Crippen LogP contribution in [0.1, 0.15) is 322 Å². The maximum absolute atomic E-state index is 12.9. The van der Waals surface area contributed by atoms with Gasteiger partial charge in [-0.2, -0.15) is 0 Å². The number of ether oxygens (including phenoxy) is 4. The van der Waals surface area contributed by atoms with Gasteiger partial charge in [0, 0.05) is 12.8 Å². The van der Waals surface area contributed by atoms with E-state index in [2.05, 4.69) is 62.5 Å². The highest BCUT2D eigenvalue weighted by atomic mass is 16.7. The number of esters is 2. The minimum absolute atomic E-state index is 0.181. The first-order valence-corrected chi connectivity index (χ1v) is 33.8. The minimum atomic E-state index is -1.51. The van der Waals surface area contributed by atoms with Gasteiger partial charge in [-0.3, -0.25) is 9.59 Å². The van der Waals surface area contributed by atoms with Crippen LogP contribution in [0, 0.1) is 0 Å². The average molecular weight is 1110 g/mol. The number of quaternary nitrogens is 1. The number of aliphatic carboxylic acids is 1. The molecule has 0 amide bonds. The molecule has 0 fully saturated rings. The van der Waals surface area contributed by atoms with Gasteiger partial charge in [0.05, 0.1) is 34.4 Å². The smallest absolute Gasteiger partial charge is 0.361 e. The lowest BCUT2D eigenvalue weighted by atomic mass is 10.0. The Kier molecular flexibility index (Phi) is 59.2. The number of rotatable bonds is 63. The molecule has 0 saturated carbocycles. The number of carbonyl (C=O) groups excluding carboxylic acids is 2. The van der Waals surface area contributed by atoms with E-state index in [0.717, 1.165) is 51.4 Å². The standard InChI is InChI=1S/C70H129NO8/c1-6-8-10-12-14-16-18-20-22-24-26-27-28-29-30-31-32-33-34-35-36-37-38-39-40-41-43-45-47-49-51-53-55-57-59-61-68(73)79-66(65-78-70(69(74)75)76-63-62-71(3,4)5)64-77-67(72)60-58-56-54-52-50-48-46-44-42-25-23-21-19-17-15-13-11-9-7-2/h15,17-18,20-21,23-24,26,66,70H,6-14,16,19,22,25,27-65H2,1-5H3/p+1/b17-15-,20-18-,23-21-,26-24-. The maximum atomic E-state index is 12.9. The fraction of sp³-hybridized carbons (Fsp3) is 0.843. The Morgan fingerprint density at radius 2 is 0.684 bits per heavy atom. The van der Waals surface area contributed by atoms with Crippen molar-refractivity contribution in [2.45, 2.75) is 334 Å². The summed E-state index contributed by atoms with van der Waals surface area (Å²) < 4.78 is 23.0. The van der Waals surface area contributed by atoms with Crippen LogP contribution in [0.2, 0.25) is 0 Å². The van der Waals surface area contributed by atoms with Crippen LogP contribution in [0.15, 0.2) is 48.6 Å². The number of carboxylic acids is 1. The van der Waals surface area contributed by atoms with E-state index in [1.165, 1.54) is 244 Å². The van der Waals surface area contributed by atoms with Crippen molar-refractivity contribution in [3.8, 4) is 0 Å². The summed E-state index contributed by atoms with van der Waals surface area (Å²) in [6.07, 6.45) is 75.1. The lowest BCUT2D eigenvalue weighted by molar-refractivity contribution is -0.870. The predicted molar refractivity (Wildman–Crippen MR) is 337 cm³/mol. The van der Waals surface area contributed by atoms with Gasteiger partial charge in [-0.05, 0) is 77.0 Å². The lowest BCUT2D eigenvalue weighted by Gasteiger charge is -2.25. The molecule has 79 heavy (non-hydrogen) atoms. The third kappa shape index (κ3) is 62.7. The van der Waals surface area contributed by atoms with Gasteiger partial charge in [0.1, 0.15) is 13.2 Å². The molecule has 0 aliphatic rings. The first-order valence-electron chi connectivity index (χ1n) is 33.8. The van der Waals surface area contributed by atoms with Crippen molar-refractivity contribution in [1.29, 1.82) is 0 Å². The number of unbranched alkanes of at least 4 members (excludes halogenated alkanes) is 40. The summed E-state index contributed by atoms with van der Waals surface area (Å²) in [5.41, 5.74) is 0. The van der Waals surface area contributed by atoms with Crippen LogP contribution in [-0.2, 0) is 33.3 Å². The minimum Gasteiger partial charge on any atom is -0.477 e. The van der Waals surface area contributed by atoms with Gasteiger partial charge in [0.2, 0.25) is 0 Å². The Morgan fingerprint density at radius 1 is 0.380 bits per heavy atom. The first kappa shape index (κ1) is 76.2. The summed E-state index contributed by atoms with van der Waals surface area (Å²) in [6, 6.07) is 0. The van der Waals surface area contributed by atoms with Crippen LogP contribution in [0.4, 0.5) is 0 Å². The van der Waals surface area contributed by atoms with Gasteiger partial charge >= 0.3 is 17.9 Å². The Morgan fingerprint density at radius 3 is 1.03 bits per heavy atom. The zero-order valence-electron chi connectivity index (χ0n) is 52.8. The molecule has 0 aliphatic heterocycles. The monoisotopic (exact) mass is 1110 g/mol. The molecule has 0 bridgehead atoms. The summed E-state index contributed by atoms with van der Waals surface area (Å²) in [5, 5.41) is 9.73. The van der Waals surface area contributed by atoms with Crippen molar-refractivity contribution in [3.63, 3.8) is 0 Å². The quantitative estimate of drug-likeness (QED) is 0.0211. The van der Waals surface area contributed by atoms with Crippen LogP contribution >= 0.6 is 0 Å². The average Bonchev–Trinajstić information content (AvgIpc) is 3.42. The molecule has 0 saturated heterocycles. The summed E-state index contributed by atoms with van der Waals surface area (Å²) in [4.78, 5) is 37.5. The predicted octanol–water partition coefficient (Wildman–Crippen LogP) is 20.6. The second-order valence-electron chi connectivity index (χ2n) is 24.1. The molecule has 0 aromatic heterocycles. The molecule has 9 heteroatoms. The van der Waals surface area contributed by atoms with Crippen LogP contribution < -0.4 is 0 Å². The van der Waals surface area contributed by atoms with E-state index in [-0.39, 0.29) is 38.2 Å². The number of nitrogens with zero attached hydrogens (tertiary/aromatic N) is 1. The molecule has 9 nitrogen and oxygen atoms in total. The van der Waals surface area contributed by atoms with E-state index >= 15 is 0 Å². The molecule has 0 heterocycles. The Hall–Kier alpha value is -2.75. The van der Waals surface area contributed by atoms with Crippen molar-refractivity contribution in [3.05, 3.63) is 48.6 Å². The van der Waals surface area contributed by atoms with Crippen LogP contribution in [0.25, 0.3) is 0 Å². The van der Waals surface area contributed by atoms with E-state index in [1.807, 2.05) is 21.1 Å². The zero-order valence-corrected chi connectivity index (χ0v) is 52.8. The molecule has 0 aromatic rings. The molecule has 0 aromatic carbocycles. The molecule has 462 valence electrons. The molecule has 1 N–H and O–H groups in total. The van der Waals surface area contributed by atoms with Gasteiger partial charge in [-0.1, -0.05) is 281 Å². The van der Waals surface area contributed by atoms with Gasteiger partial charge in [-0.15, -0.1) is 0 Å². The van der Waals surface area contributed by atoms with E-state index in [9.17, 15) is 19.5 Å². The maximum Gasteiger partial charge on any atom is 0.361 e. The highest BCUT2D eigenvalue weighted by Gasteiger charge is 2.25. The van der Waals surface area contributed by atoms with Gasteiger partial charge < -0.3 is 28.5 Å². The van der Waals surface area contributed by atoms with Gasteiger partial charge in [-0.25, -0.2) is 4.79 Å². The molecule has 0 rings (SSSR count). The highest BCUT2D eigenvalue weighted by Crippen LogP contribution is 2.18. The van der Waals surface area contributed by atoms with Gasteiger partial charge in [0.25, 0.3) is 6.29 Å². The van der Waals surface area contributed by atoms with E-state index < -0.39 is 18.4 Å². The molecule has 0 aliphatic carbocycles. The molecule has 0 radical (unpaired) electrons. The van der Waals surface area contributed by atoms with Crippen molar-refractivity contribution >= 4 is 17.9 Å². The number of hydrogen-bond donors (Lipinski definition) is 1. The summed E-state index contributed by atoms with van der Waals surface area (Å²) in [6.45, 7) is 4.88. The second kappa shape index (κ2) is 61.3. The largest absolute Gasteiger partial charge is 0.477 e. The van der Waals surface area contributed by atoms with Crippen molar-refractivity contribution < 1.29 is 42.9 Å². The number of carboxylic acid groups (broad SMARTS) is 1. The SMILES string of the molecule is CCCCC/C=C\C/C=C\CCCCCCCCCCCC(=O)OCC(COC(OCC[N+](C)(C)C)C(=O)O)OC(=O)CCCCCCCCCCCCCCCCCCCCCCCCC/C=C\C/C=C\CCCCCCC. The molecule has 2 atom stereocenters. The highest BCUT2D eigenvalue weighted by molar-refractivity contribution is 5.71. The number of hydrogen-bond acceptors (Lipinski definition) is 7. The Bertz CT molecular complexity index is 1430. The second-order valence-corrected chi connectivity index (χ2v) is 24.1. The topological polar surface area (TPSA) is 108 Å². The summed E-state index contributed by atoms with van der Waals surface area (Å²) >= 11 is 0. The Labute approximate surface area is 489 Å². The summed E-state index contributed by atoms with van der Waals surface area (Å²) in [5.74, 6) is -1.99. The van der Waals surface area contributed by atoms with Crippen LogP contribution in [-0.4, -0.2) is 87.4 Å². The van der Waals surface area contributed by atoms with E-state index in [1.54, 1.807) is 0 Å². The number of carbonyl (C=O) groups is 3. The van der Waals surface area contributed by atoms with Crippen molar-refractivity contribution in [2.24, 2.45) is 0 Å². The van der Waals surface area contributed by atoms with Crippen LogP contribution in [0.5, 0.6) is 0 Å². The van der Waals surface area contributed by atoms with Crippen molar-refractivity contribution in [2.75, 3.05) is 47.5 Å². The number of likely N-dealkylation sites (N-methyl/N-ethyl adjacent to an activating group) is 1. The molecule has 2 unspecified atom stereocenters. The van der Waals surface area contributed by atoms with Crippen LogP contribution in [0.3, 0.4) is 0 Å². The fourth-order valence-electron chi connectivity index (χ4n) is 9.84. The van der Waals surface area contributed by atoms with Gasteiger partial charge in [0.15, 0.2) is 6.10 Å².